The molecule has 540 valence electrons. The maximum Gasteiger partial charge on any atom is 0.472 e. The first-order valence-corrected chi connectivity index (χ1v) is 40.4. The van der Waals surface area contributed by atoms with E-state index in [-0.39, 0.29) is 25.7 Å². The summed E-state index contributed by atoms with van der Waals surface area (Å²) in [7, 11) is -9.90. The van der Waals surface area contributed by atoms with Gasteiger partial charge >= 0.3 is 39.5 Å². The van der Waals surface area contributed by atoms with Crippen LogP contribution in [-0.4, -0.2) is 96.7 Å². The van der Waals surface area contributed by atoms with Gasteiger partial charge in [0.15, 0.2) is 12.2 Å². The molecule has 19 heteroatoms. The molecule has 0 amide bonds. The fourth-order valence-electron chi connectivity index (χ4n) is 10.9. The van der Waals surface area contributed by atoms with E-state index in [1.807, 2.05) is 0 Å². The van der Waals surface area contributed by atoms with Crippen LogP contribution in [0.25, 0.3) is 0 Å². The molecule has 3 unspecified atom stereocenters. The minimum Gasteiger partial charge on any atom is -0.462 e. The molecule has 6 atom stereocenters. The zero-order valence-electron chi connectivity index (χ0n) is 59.3. The maximum atomic E-state index is 13.0. The van der Waals surface area contributed by atoms with Gasteiger partial charge in [0, 0.05) is 25.7 Å². The normalized spacial score (nSPS) is 14.5. The van der Waals surface area contributed by atoms with E-state index in [4.69, 9.17) is 37.0 Å². The van der Waals surface area contributed by atoms with Crippen molar-refractivity contribution in [2.45, 2.75) is 381 Å². The van der Waals surface area contributed by atoms with Gasteiger partial charge in [0.05, 0.1) is 26.4 Å². The molecule has 0 saturated heterocycles. The van der Waals surface area contributed by atoms with Crippen LogP contribution in [0.15, 0.2) is 0 Å². The average molecular weight is 1340 g/mol. The summed E-state index contributed by atoms with van der Waals surface area (Å²) in [4.78, 5) is 72.4. The first-order valence-electron chi connectivity index (χ1n) is 37.4. The number of ether oxygens (including phenoxy) is 4. The van der Waals surface area contributed by atoms with Gasteiger partial charge in [-0.25, -0.2) is 9.13 Å². The van der Waals surface area contributed by atoms with Gasteiger partial charge < -0.3 is 33.8 Å². The quantitative estimate of drug-likeness (QED) is 0.0222. The van der Waals surface area contributed by atoms with Crippen molar-refractivity contribution in [3.05, 3.63) is 0 Å². The standard InChI is InChI=1S/C72H140O17P2/c1-8-10-11-36-46-53-69(74)82-59-67(88-71(76)56-49-42-35-29-23-17-19-25-31-38-44-51-64(5)6)61-86-90(78,79)84-57-66(73)58-85-91(80,81)87-62-68(60-83-70(75)54-47-40-33-27-22-16-18-24-30-37-43-50-63(3)4)89-72(77)55-48-41-34-28-21-15-13-12-14-20-26-32-39-45-52-65(7)9-2/h63-68,73H,8-62H2,1-7H3,(H,78,79)(H,80,81)/t65?,66-,67+,68+/m0/s1. The Bertz CT molecular complexity index is 1790. The molecule has 0 radical (unpaired) electrons. The molecule has 17 nitrogen and oxygen atoms in total. The molecular formula is C72H140O17P2. The number of carbonyl (C=O) groups is 4. The number of rotatable bonds is 70. The van der Waals surface area contributed by atoms with E-state index in [1.165, 1.54) is 167 Å². The highest BCUT2D eigenvalue weighted by molar-refractivity contribution is 7.47. The van der Waals surface area contributed by atoms with E-state index in [2.05, 4.69) is 48.5 Å². The van der Waals surface area contributed by atoms with Gasteiger partial charge in [0.1, 0.15) is 19.3 Å². The average Bonchev–Trinajstić information content (AvgIpc) is 3.51. The van der Waals surface area contributed by atoms with Crippen LogP contribution >= 0.6 is 15.6 Å². The van der Waals surface area contributed by atoms with Gasteiger partial charge in [-0.2, -0.15) is 0 Å². The molecule has 0 fully saturated rings. The number of phosphoric ester groups is 2. The van der Waals surface area contributed by atoms with Crippen molar-refractivity contribution in [3.63, 3.8) is 0 Å². The van der Waals surface area contributed by atoms with Crippen molar-refractivity contribution in [3.8, 4) is 0 Å². The number of hydrogen-bond acceptors (Lipinski definition) is 15. The fraction of sp³-hybridized carbons (Fsp3) is 0.944. The number of carbonyl (C=O) groups excluding carboxylic acids is 4. The summed E-state index contributed by atoms with van der Waals surface area (Å²) < 4.78 is 68.2. The fourth-order valence-corrected chi connectivity index (χ4v) is 12.4. The van der Waals surface area contributed by atoms with Crippen LogP contribution in [0.5, 0.6) is 0 Å². The van der Waals surface area contributed by atoms with Crippen LogP contribution in [0.4, 0.5) is 0 Å². The lowest BCUT2D eigenvalue weighted by Crippen LogP contribution is -2.30. The van der Waals surface area contributed by atoms with Gasteiger partial charge in [-0.1, -0.05) is 312 Å². The first-order chi connectivity index (χ1) is 43.8. The lowest BCUT2D eigenvalue weighted by molar-refractivity contribution is -0.161. The second-order valence-electron chi connectivity index (χ2n) is 27.2. The van der Waals surface area contributed by atoms with Crippen LogP contribution in [0.1, 0.15) is 363 Å². The third-order valence-corrected chi connectivity index (χ3v) is 18.9. The maximum absolute atomic E-state index is 13.0. The molecule has 0 rings (SSSR count). The Morgan fingerprint density at radius 2 is 0.560 bits per heavy atom. The zero-order chi connectivity index (χ0) is 67.3. The Morgan fingerprint density at radius 1 is 0.319 bits per heavy atom. The van der Waals surface area contributed by atoms with Gasteiger partial charge in [0.2, 0.25) is 0 Å². The van der Waals surface area contributed by atoms with Gasteiger partial charge in [0.25, 0.3) is 0 Å². The molecule has 0 aliphatic carbocycles. The first kappa shape index (κ1) is 89.1. The molecule has 0 aliphatic heterocycles. The van der Waals surface area contributed by atoms with Crippen molar-refractivity contribution in [2.24, 2.45) is 17.8 Å². The highest BCUT2D eigenvalue weighted by Crippen LogP contribution is 2.45. The predicted molar refractivity (Wildman–Crippen MR) is 368 cm³/mol. The summed E-state index contributed by atoms with van der Waals surface area (Å²) in [6.07, 6.45) is 47.5. The number of hydrogen-bond donors (Lipinski definition) is 3. The highest BCUT2D eigenvalue weighted by Gasteiger charge is 2.30. The van der Waals surface area contributed by atoms with Gasteiger partial charge in [-0.05, 0) is 43.4 Å². The third kappa shape index (κ3) is 65.1. The number of esters is 4. The lowest BCUT2D eigenvalue weighted by atomic mass is 9.99. The monoisotopic (exact) mass is 1340 g/mol. The summed E-state index contributed by atoms with van der Waals surface area (Å²) in [6, 6.07) is 0. The molecule has 0 heterocycles. The third-order valence-electron chi connectivity index (χ3n) is 17.0. The summed E-state index contributed by atoms with van der Waals surface area (Å²) in [5.41, 5.74) is 0. The number of aliphatic hydroxyl groups excluding tert-OH is 1. The molecule has 0 spiro atoms. The summed E-state index contributed by atoms with van der Waals surface area (Å²) in [6.45, 7) is 11.8. The molecule has 91 heavy (non-hydrogen) atoms. The van der Waals surface area contributed by atoms with Crippen molar-refractivity contribution in [1.82, 2.24) is 0 Å². The van der Waals surface area contributed by atoms with E-state index in [1.54, 1.807) is 0 Å². The van der Waals surface area contributed by atoms with E-state index in [9.17, 15) is 43.2 Å². The SMILES string of the molecule is CCCCCCCC(=O)OC[C@H](COP(=O)(O)OC[C@H](O)COP(=O)(O)OC[C@@H](COC(=O)CCCCCCCCCCCCCC(C)C)OC(=O)CCCCCCCCCCCCCCCCC(C)CC)OC(=O)CCCCCCCCCCCCCC(C)C. The van der Waals surface area contributed by atoms with E-state index in [0.29, 0.717) is 25.7 Å². The molecule has 0 aromatic heterocycles. The second kappa shape index (κ2) is 62.8. The van der Waals surface area contributed by atoms with Crippen LogP contribution in [0, 0.1) is 17.8 Å². The lowest BCUT2D eigenvalue weighted by Gasteiger charge is -2.21. The Labute approximate surface area is 556 Å². The molecule has 0 aliphatic rings. The Morgan fingerprint density at radius 3 is 0.835 bits per heavy atom. The minimum atomic E-state index is -4.95. The van der Waals surface area contributed by atoms with E-state index >= 15 is 0 Å². The van der Waals surface area contributed by atoms with Crippen molar-refractivity contribution >= 4 is 39.5 Å². The minimum absolute atomic E-state index is 0.105. The predicted octanol–water partition coefficient (Wildman–Crippen LogP) is 20.6. The largest absolute Gasteiger partial charge is 0.472 e. The topological polar surface area (TPSA) is 237 Å². The molecule has 0 aromatic carbocycles. The number of unbranched alkanes of at least 4 members (excludes halogenated alkanes) is 37. The molecule has 0 saturated carbocycles. The Kier molecular flexibility index (Phi) is 61.5. The molecule has 3 N–H and O–H groups in total. The highest BCUT2D eigenvalue weighted by atomic mass is 31.2. The molecular weight excluding hydrogens is 1200 g/mol. The number of phosphoric acid groups is 2. The van der Waals surface area contributed by atoms with Crippen LogP contribution < -0.4 is 0 Å². The van der Waals surface area contributed by atoms with E-state index in [0.717, 1.165) is 114 Å². The van der Waals surface area contributed by atoms with Crippen molar-refractivity contribution in [1.29, 1.82) is 0 Å². The zero-order valence-corrected chi connectivity index (χ0v) is 61.1. The molecule has 0 bridgehead atoms. The summed E-state index contributed by atoms with van der Waals surface area (Å²) in [5.74, 6) is 0.249. The van der Waals surface area contributed by atoms with Crippen LogP contribution in [-0.2, 0) is 65.4 Å². The number of aliphatic hydroxyl groups is 1. The molecule has 0 aromatic rings. The van der Waals surface area contributed by atoms with Crippen molar-refractivity contribution in [2.75, 3.05) is 39.6 Å². The Hall–Kier alpha value is -1.94. The van der Waals surface area contributed by atoms with Crippen molar-refractivity contribution < 1.29 is 80.2 Å². The summed E-state index contributed by atoms with van der Waals surface area (Å²) in [5, 5.41) is 10.6. The van der Waals surface area contributed by atoms with Gasteiger partial charge in [-0.15, -0.1) is 0 Å². The second-order valence-corrected chi connectivity index (χ2v) is 30.1. The van der Waals surface area contributed by atoms with Crippen LogP contribution in [0.3, 0.4) is 0 Å². The van der Waals surface area contributed by atoms with E-state index < -0.39 is 97.5 Å². The van der Waals surface area contributed by atoms with Crippen LogP contribution in [0.2, 0.25) is 0 Å². The van der Waals surface area contributed by atoms with Gasteiger partial charge in [-0.3, -0.25) is 37.3 Å². The summed E-state index contributed by atoms with van der Waals surface area (Å²) >= 11 is 0. The smallest absolute Gasteiger partial charge is 0.462 e. The Balaban J connectivity index is 5.16.